The Bertz CT molecular complexity index is 590. The number of carbonyl (C=O) groups excluding carboxylic acids is 1. The van der Waals surface area contributed by atoms with E-state index in [1.54, 1.807) is 24.3 Å². The number of piperidine rings is 1. The summed E-state index contributed by atoms with van der Waals surface area (Å²) >= 11 is 0. The van der Waals surface area contributed by atoms with Gasteiger partial charge in [-0.25, -0.2) is 8.42 Å². The van der Waals surface area contributed by atoms with Crippen LogP contribution < -0.4 is 4.72 Å². The van der Waals surface area contributed by atoms with Crippen molar-refractivity contribution in [2.24, 2.45) is 5.92 Å². The van der Waals surface area contributed by atoms with Crippen LogP contribution in [0.25, 0.3) is 0 Å². The minimum absolute atomic E-state index is 0.0414. The number of carbonyl (C=O) groups is 1. The highest BCUT2D eigenvalue weighted by Gasteiger charge is 2.24. The molecule has 0 aliphatic carbocycles. The van der Waals surface area contributed by atoms with Crippen LogP contribution in [0, 0.1) is 5.92 Å². The molecule has 5 nitrogen and oxygen atoms in total. The number of rotatable bonds is 4. The number of nitrogens with one attached hydrogen (secondary N) is 1. The normalized spacial score (nSPS) is 17.9. The summed E-state index contributed by atoms with van der Waals surface area (Å²) in [5.41, 5.74) is 1.01. The Labute approximate surface area is 120 Å². The van der Waals surface area contributed by atoms with E-state index in [1.807, 2.05) is 0 Å². The van der Waals surface area contributed by atoms with Crippen molar-refractivity contribution >= 4 is 21.5 Å². The average molecular weight is 296 g/mol. The van der Waals surface area contributed by atoms with Gasteiger partial charge in [-0.1, -0.05) is 12.1 Å². The van der Waals surface area contributed by atoms with E-state index in [2.05, 4.69) is 16.7 Å². The Morgan fingerprint density at radius 3 is 2.55 bits per heavy atom. The molecule has 2 rings (SSSR count). The fourth-order valence-corrected chi connectivity index (χ4v) is 3.01. The fourth-order valence-electron chi connectivity index (χ4n) is 2.46. The van der Waals surface area contributed by atoms with Crippen LogP contribution in [-0.4, -0.2) is 45.5 Å². The molecule has 1 fully saturated rings. The minimum Gasteiger partial charge on any atom is -0.306 e. The molecule has 0 spiro atoms. The molecule has 1 aromatic carbocycles. The predicted octanol–water partition coefficient (Wildman–Crippen LogP) is 1.58. The summed E-state index contributed by atoms with van der Waals surface area (Å²) in [6, 6.07) is 6.71. The van der Waals surface area contributed by atoms with Gasteiger partial charge in [0.05, 0.1) is 6.26 Å². The second-order valence-electron chi connectivity index (χ2n) is 5.40. The summed E-state index contributed by atoms with van der Waals surface area (Å²) < 4.78 is 24.8. The number of ketones is 1. The van der Waals surface area contributed by atoms with Gasteiger partial charge in [0.1, 0.15) is 0 Å². The third-order valence-electron chi connectivity index (χ3n) is 3.54. The van der Waals surface area contributed by atoms with E-state index in [0.717, 1.165) is 32.2 Å². The smallest absolute Gasteiger partial charge is 0.229 e. The summed E-state index contributed by atoms with van der Waals surface area (Å²) in [5, 5.41) is 0. The molecule has 0 atom stereocenters. The first-order valence-corrected chi connectivity index (χ1v) is 8.55. The number of sulfonamides is 1. The summed E-state index contributed by atoms with van der Waals surface area (Å²) in [6.45, 7) is 1.86. The van der Waals surface area contributed by atoms with Crippen molar-refractivity contribution in [3.63, 3.8) is 0 Å². The van der Waals surface area contributed by atoms with Gasteiger partial charge >= 0.3 is 0 Å². The molecule has 0 bridgehead atoms. The van der Waals surface area contributed by atoms with Crippen molar-refractivity contribution in [3.05, 3.63) is 29.8 Å². The summed E-state index contributed by atoms with van der Waals surface area (Å²) in [6.07, 6.45) is 2.82. The van der Waals surface area contributed by atoms with Crippen molar-refractivity contribution in [2.75, 3.05) is 31.1 Å². The quantitative estimate of drug-likeness (QED) is 0.857. The van der Waals surface area contributed by atoms with Crippen molar-refractivity contribution in [2.45, 2.75) is 12.8 Å². The van der Waals surface area contributed by atoms with E-state index in [4.69, 9.17) is 0 Å². The number of Topliss-reactive ketones (excluding diaryl/α,β-unsaturated/α-hetero) is 1. The predicted molar refractivity (Wildman–Crippen MR) is 79.5 cm³/mol. The number of likely N-dealkylation sites (tertiary alicyclic amines) is 1. The van der Waals surface area contributed by atoms with E-state index in [-0.39, 0.29) is 11.7 Å². The molecule has 110 valence electrons. The molecule has 1 N–H and O–H groups in total. The van der Waals surface area contributed by atoms with Crippen LogP contribution in [0.4, 0.5) is 5.69 Å². The van der Waals surface area contributed by atoms with E-state index in [9.17, 15) is 13.2 Å². The Kier molecular flexibility index (Phi) is 4.45. The van der Waals surface area contributed by atoms with Gasteiger partial charge in [-0.05, 0) is 45.1 Å². The molecule has 20 heavy (non-hydrogen) atoms. The molecule has 1 saturated heterocycles. The van der Waals surface area contributed by atoms with E-state index in [0.29, 0.717) is 11.3 Å². The molecule has 1 aromatic rings. The van der Waals surface area contributed by atoms with Crippen LogP contribution >= 0.6 is 0 Å². The summed E-state index contributed by atoms with van der Waals surface area (Å²) in [7, 11) is -1.27. The first-order chi connectivity index (χ1) is 9.35. The van der Waals surface area contributed by atoms with Crippen LogP contribution in [0.2, 0.25) is 0 Å². The zero-order chi connectivity index (χ0) is 14.8. The lowest BCUT2D eigenvalue weighted by molar-refractivity contribution is 0.0857. The maximum absolute atomic E-state index is 12.4. The highest BCUT2D eigenvalue weighted by molar-refractivity contribution is 7.92. The van der Waals surface area contributed by atoms with Crippen molar-refractivity contribution in [3.8, 4) is 0 Å². The zero-order valence-corrected chi connectivity index (χ0v) is 12.6. The molecule has 0 radical (unpaired) electrons. The van der Waals surface area contributed by atoms with Gasteiger partial charge in [0, 0.05) is 17.2 Å². The molecule has 1 aliphatic heterocycles. The lowest BCUT2D eigenvalue weighted by Crippen LogP contribution is -2.33. The summed E-state index contributed by atoms with van der Waals surface area (Å²) in [5.74, 6) is 0.148. The SMILES string of the molecule is CN1CCC(C(=O)c2cccc(NS(C)(=O)=O)c2)CC1. The number of hydrogen-bond acceptors (Lipinski definition) is 4. The molecule has 6 heteroatoms. The van der Waals surface area contributed by atoms with Gasteiger partial charge in [-0.3, -0.25) is 9.52 Å². The Hall–Kier alpha value is -1.40. The second-order valence-corrected chi connectivity index (χ2v) is 7.15. The van der Waals surface area contributed by atoms with Crippen LogP contribution in [0.3, 0.4) is 0 Å². The van der Waals surface area contributed by atoms with Gasteiger partial charge in [0.2, 0.25) is 10.0 Å². The molecule has 0 aromatic heterocycles. The zero-order valence-electron chi connectivity index (χ0n) is 11.8. The highest BCUT2D eigenvalue weighted by atomic mass is 32.2. The van der Waals surface area contributed by atoms with Gasteiger partial charge in [0.15, 0.2) is 5.78 Å². The number of benzene rings is 1. The standard InChI is InChI=1S/C14H20N2O3S/c1-16-8-6-11(7-9-16)14(17)12-4-3-5-13(10-12)15-20(2,18)19/h3-5,10-11,15H,6-9H2,1-2H3. The lowest BCUT2D eigenvalue weighted by Gasteiger charge is -2.28. The molecule has 0 saturated carbocycles. The fraction of sp³-hybridized carbons (Fsp3) is 0.500. The van der Waals surface area contributed by atoms with Crippen LogP contribution in [-0.2, 0) is 10.0 Å². The van der Waals surface area contributed by atoms with E-state index < -0.39 is 10.0 Å². The van der Waals surface area contributed by atoms with Gasteiger partial charge in [0.25, 0.3) is 0 Å². The first kappa shape index (κ1) is 15.0. The van der Waals surface area contributed by atoms with Crippen molar-refractivity contribution in [1.82, 2.24) is 4.90 Å². The highest BCUT2D eigenvalue weighted by Crippen LogP contribution is 2.22. The van der Waals surface area contributed by atoms with Crippen LogP contribution in [0.5, 0.6) is 0 Å². The minimum atomic E-state index is -3.32. The molecular formula is C14H20N2O3S. The molecule has 0 unspecified atom stereocenters. The van der Waals surface area contributed by atoms with Gasteiger partial charge in [-0.2, -0.15) is 0 Å². The largest absolute Gasteiger partial charge is 0.306 e. The average Bonchev–Trinajstić information content (AvgIpc) is 2.37. The van der Waals surface area contributed by atoms with Crippen molar-refractivity contribution < 1.29 is 13.2 Å². The van der Waals surface area contributed by atoms with Crippen molar-refractivity contribution in [1.29, 1.82) is 0 Å². The molecule has 1 heterocycles. The number of nitrogens with zero attached hydrogens (tertiary/aromatic N) is 1. The van der Waals surface area contributed by atoms with E-state index in [1.165, 1.54) is 0 Å². The third kappa shape index (κ3) is 4.05. The Morgan fingerprint density at radius 1 is 1.30 bits per heavy atom. The maximum atomic E-state index is 12.4. The maximum Gasteiger partial charge on any atom is 0.229 e. The molecular weight excluding hydrogens is 276 g/mol. The van der Waals surface area contributed by atoms with E-state index >= 15 is 0 Å². The Morgan fingerprint density at radius 2 is 1.95 bits per heavy atom. The van der Waals surface area contributed by atoms with Crippen LogP contribution in [0.1, 0.15) is 23.2 Å². The third-order valence-corrected chi connectivity index (χ3v) is 4.15. The monoisotopic (exact) mass is 296 g/mol. The number of anilines is 1. The topological polar surface area (TPSA) is 66.5 Å². The molecule has 1 aliphatic rings. The first-order valence-electron chi connectivity index (χ1n) is 6.66. The lowest BCUT2D eigenvalue weighted by atomic mass is 9.89. The number of hydrogen-bond donors (Lipinski definition) is 1. The molecule has 0 amide bonds. The van der Waals surface area contributed by atoms with Crippen LogP contribution in [0.15, 0.2) is 24.3 Å². The second kappa shape index (κ2) is 5.93. The van der Waals surface area contributed by atoms with Gasteiger partial charge in [-0.15, -0.1) is 0 Å². The Balaban J connectivity index is 2.12. The van der Waals surface area contributed by atoms with Gasteiger partial charge < -0.3 is 4.90 Å². The summed E-state index contributed by atoms with van der Waals surface area (Å²) in [4.78, 5) is 14.6.